The Labute approximate surface area is 389 Å². The van der Waals surface area contributed by atoms with Gasteiger partial charge < -0.3 is 37.9 Å². The van der Waals surface area contributed by atoms with Gasteiger partial charge in [-0.2, -0.15) is 4.31 Å². The third-order valence-electron chi connectivity index (χ3n) is 15.5. The third-order valence-corrected chi connectivity index (χ3v) is 18.5. The van der Waals surface area contributed by atoms with Crippen LogP contribution in [0.3, 0.4) is 0 Å². The Hall–Kier alpha value is -2.64. The summed E-state index contributed by atoms with van der Waals surface area (Å²) in [6.07, 6.45) is 3.27. The molecule has 0 bridgehead atoms. The summed E-state index contributed by atoms with van der Waals surface area (Å²) in [6, 6.07) is 6.49. The van der Waals surface area contributed by atoms with E-state index in [0.29, 0.717) is 44.1 Å². The summed E-state index contributed by atoms with van der Waals surface area (Å²) in [6.45, 7) is 11.8. The SMILES string of the molecule is CC[C@H]1CCC[C@H](O[C@H]2CC[C@H](N(C)S(=O)(=O)c3ccc(C)cc3)C(C)O2)[C@@H](C)C(=O)C2=C[C@H]3[C@@H]4C[C@H](O[C@@H]5OC(C)[C@H](OC)C(OC)[C@@H]5OC)C[C@H]4c4sc(C)nc4[C@H]3[C@@H]2CC(=O)O1. The van der Waals surface area contributed by atoms with Crippen LogP contribution in [0, 0.1) is 37.5 Å². The lowest BCUT2D eigenvalue weighted by atomic mass is 9.67. The van der Waals surface area contributed by atoms with Crippen LogP contribution in [0.5, 0.6) is 0 Å². The summed E-state index contributed by atoms with van der Waals surface area (Å²) in [7, 11) is 2.80. The van der Waals surface area contributed by atoms with Gasteiger partial charge in [-0.05, 0) is 102 Å². The maximum Gasteiger partial charge on any atom is 0.306 e. The zero-order valence-electron chi connectivity index (χ0n) is 39.7. The van der Waals surface area contributed by atoms with Gasteiger partial charge in [0.25, 0.3) is 0 Å². The van der Waals surface area contributed by atoms with Crippen molar-refractivity contribution in [3.05, 3.63) is 57.1 Å². The highest BCUT2D eigenvalue weighted by Gasteiger charge is 2.57. The number of methoxy groups -OCH3 is 3. The van der Waals surface area contributed by atoms with Crippen LogP contribution in [0.2, 0.25) is 0 Å². The molecule has 14 nitrogen and oxygen atoms in total. The van der Waals surface area contributed by atoms with E-state index in [1.807, 2.05) is 41.5 Å². The van der Waals surface area contributed by atoms with Crippen LogP contribution in [-0.2, 0) is 57.5 Å². The van der Waals surface area contributed by atoms with E-state index in [-0.39, 0.29) is 77.3 Å². The minimum Gasteiger partial charge on any atom is -0.462 e. The molecular weight excluding hydrogens is 873 g/mol. The number of allylic oxidation sites excluding steroid dienone is 2. The molecule has 2 aromatic rings. The number of carbonyl (C=O) groups is 2. The number of thiazole rings is 1. The number of fused-ring (bicyclic) bond motifs is 8. The van der Waals surface area contributed by atoms with Crippen molar-refractivity contribution in [2.75, 3.05) is 28.4 Å². The highest BCUT2D eigenvalue weighted by Crippen LogP contribution is 2.62. The summed E-state index contributed by atoms with van der Waals surface area (Å²) in [5.74, 6) is -1.15. The maximum atomic E-state index is 15.2. The summed E-state index contributed by atoms with van der Waals surface area (Å²) in [5.41, 5.74) is 2.63. The molecule has 1 aromatic carbocycles. The first-order chi connectivity index (χ1) is 31.1. The molecule has 0 N–H and O–H groups in total. The van der Waals surface area contributed by atoms with E-state index in [0.717, 1.165) is 29.1 Å². The Kier molecular flexibility index (Phi) is 15.1. The number of esters is 1. The third kappa shape index (κ3) is 9.56. The van der Waals surface area contributed by atoms with Crippen LogP contribution >= 0.6 is 11.3 Å². The second-order valence-corrected chi connectivity index (χ2v) is 22.6. The average molecular weight is 943 g/mol. The molecular formula is C49H70N2O12S2. The van der Waals surface area contributed by atoms with Gasteiger partial charge in [0.1, 0.15) is 24.4 Å². The highest BCUT2D eigenvalue weighted by atomic mass is 32.2. The van der Waals surface area contributed by atoms with Crippen molar-refractivity contribution in [3.8, 4) is 0 Å². The number of aryl methyl sites for hydroxylation is 2. The van der Waals surface area contributed by atoms with Crippen molar-refractivity contribution < 1.29 is 55.9 Å². The van der Waals surface area contributed by atoms with Gasteiger partial charge in [0.15, 0.2) is 18.4 Å². The molecule has 17 atom stereocenters. The molecule has 1 aromatic heterocycles. The van der Waals surface area contributed by atoms with Gasteiger partial charge >= 0.3 is 5.97 Å². The number of ketones is 1. The molecule has 3 aliphatic carbocycles. The molecule has 3 saturated heterocycles. The van der Waals surface area contributed by atoms with E-state index < -0.39 is 58.8 Å². The first kappa shape index (κ1) is 48.8. The van der Waals surface area contributed by atoms with Gasteiger partial charge in [0.05, 0.1) is 52.5 Å². The number of aromatic nitrogens is 1. The number of hydrogen-bond donors (Lipinski definition) is 0. The summed E-state index contributed by atoms with van der Waals surface area (Å²) in [5, 5.41) is 0.961. The molecule has 65 heavy (non-hydrogen) atoms. The van der Waals surface area contributed by atoms with Gasteiger partial charge in [0.2, 0.25) is 10.0 Å². The van der Waals surface area contributed by atoms with Crippen LogP contribution in [0.4, 0.5) is 0 Å². The summed E-state index contributed by atoms with van der Waals surface area (Å²) >= 11 is 1.71. The molecule has 1 saturated carbocycles. The summed E-state index contributed by atoms with van der Waals surface area (Å²) < 4.78 is 79.0. The van der Waals surface area contributed by atoms with Crippen LogP contribution < -0.4 is 0 Å². The van der Waals surface area contributed by atoms with Gasteiger partial charge in [-0.25, -0.2) is 13.4 Å². The fraction of sp³-hybridized carbons (Fsp3) is 0.735. The Bertz CT molecular complexity index is 2150. The van der Waals surface area contributed by atoms with Crippen LogP contribution in [0.1, 0.15) is 118 Å². The molecule has 3 unspecified atom stereocenters. The lowest BCUT2D eigenvalue weighted by Gasteiger charge is -2.44. The number of carbonyl (C=O) groups excluding carboxylic acids is 2. The average Bonchev–Trinajstić information content (AvgIpc) is 3.99. The predicted molar refractivity (Wildman–Crippen MR) is 243 cm³/mol. The molecule has 360 valence electrons. The Morgan fingerprint density at radius 2 is 1.58 bits per heavy atom. The number of Topliss-reactive ketones (excluding diaryl/α,β-unsaturated/α-hetero) is 1. The smallest absolute Gasteiger partial charge is 0.306 e. The fourth-order valence-corrected chi connectivity index (χ4v) is 14.7. The molecule has 4 fully saturated rings. The Balaban J connectivity index is 1.04. The molecule has 16 heteroatoms. The van der Waals surface area contributed by atoms with Crippen LogP contribution in [0.25, 0.3) is 0 Å². The van der Waals surface area contributed by atoms with Crippen LogP contribution in [0.15, 0.2) is 40.8 Å². The predicted octanol–water partition coefficient (Wildman–Crippen LogP) is 7.40. The van der Waals surface area contributed by atoms with E-state index in [1.54, 1.807) is 64.0 Å². The first-order valence-corrected chi connectivity index (χ1v) is 26.0. The second-order valence-electron chi connectivity index (χ2n) is 19.4. The van der Waals surface area contributed by atoms with E-state index >= 15 is 4.79 Å². The number of nitrogens with zero attached hydrogens (tertiary/aromatic N) is 2. The number of hydrogen-bond acceptors (Lipinski definition) is 14. The second kappa shape index (κ2) is 20.1. The van der Waals surface area contributed by atoms with Crippen molar-refractivity contribution in [1.29, 1.82) is 0 Å². The quantitative estimate of drug-likeness (QED) is 0.206. The largest absolute Gasteiger partial charge is 0.462 e. The van der Waals surface area contributed by atoms with Gasteiger partial charge in [-0.3, -0.25) is 9.59 Å². The minimum atomic E-state index is -3.75. The lowest BCUT2D eigenvalue weighted by molar-refractivity contribution is -0.314. The number of benzene rings is 1. The van der Waals surface area contributed by atoms with E-state index in [4.69, 9.17) is 42.9 Å². The fourth-order valence-electron chi connectivity index (χ4n) is 12.0. The van der Waals surface area contributed by atoms with Crippen molar-refractivity contribution in [3.63, 3.8) is 0 Å². The molecule has 0 radical (unpaired) electrons. The maximum absolute atomic E-state index is 15.2. The van der Waals surface area contributed by atoms with Gasteiger partial charge in [-0.1, -0.05) is 37.6 Å². The van der Waals surface area contributed by atoms with E-state index in [9.17, 15) is 13.2 Å². The van der Waals surface area contributed by atoms with E-state index in [2.05, 4.69) is 6.08 Å². The molecule has 8 rings (SSSR count). The molecule has 3 aliphatic heterocycles. The number of sulfonamides is 1. The number of rotatable bonds is 11. The van der Waals surface area contributed by atoms with Crippen molar-refractivity contribution in [1.82, 2.24) is 9.29 Å². The van der Waals surface area contributed by atoms with Gasteiger partial charge in [0, 0.05) is 63.3 Å². The van der Waals surface area contributed by atoms with Gasteiger partial charge in [-0.15, -0.1) is 11.3 Å². The lowest BCUT2D eigenvalue weighted by Crippen LogP contribution is -2.59. The Morgan fingerprint density at radius 1 is 0.862 bits per heavy atom. The van der Waals surface area contributed by atoms with Crippen molar-refractivity contribution in [2.24, 2.45) is 23.7 Å². The van der Waals surface area contributed by atoms with Crippen LogP contribution in [-0.4, -0.2) is 125 Å². The molecule has 4 heterocycles. The highest BCUT2D eigenvalue weighted by molar-refractivity contribution is 7.89. The Morgan fingerprint density at radius 3 is 2.26 bits per heavy atom. The zero-order valence-corrected chi connectivity index (χ0v) is 41.3. The first-order valence-electron chi connectivity index (χ1n) is 23.8. The normalized spacial score (nSPS) is 39.1. The van der Waals surface area contributed by atoms with Crippen molar-refractivity contribution in [2.45, 2.75) is 184 Å². The number of cyclic esters (lactones) is 1. The standard InChI is InChI=1S/C49H70N2O12S2/c1-11-30-13-12-14-39(63-41-20-19-38(27(4)59-41)51(7)65(54,55)32-17-15-25(2)16-18-32)26(3)44(53)36-23-34-33-21-31(62-49-47(58-10)46(57-9)45(56-8)28(5)60-49)22-37(33)48-43(50-29(6)64-48)42(34)35(36)24-40(52)61-30/h15-18,23,26-28,30-31,33-35,37-39,41-42,45-47,49H,11-14,19-22,24H2,1-10H3/t26-,27?,28?,30+,31+,33+,34+,35-,37-,38+,39+,41+,42-,45+,46?,47+,49+/m1/s1. The molecule has 0 spiro atoms. The summed E-state index contributed by atoms with van der Waals surface area (Å²) in [4.78, 5) is 35.7. The minimum absolute atomic E-state index is 0.0258. The number of likely N-dealkylation sites (N-methyl/N-ethyl adjacent to an activating group) is 1. The zero-order chi connectivity index (χ0) is 46.5. The molecule has 6 aliphatic rings. The number of ether oxygens (including phenoxy) is 8. The molecule has 0 amide bonds. The monoisotopic (exact) mass is 942 g/mol. The van der Waals surface area contributed by atoms with E-state index in [1.165, 1.54) is 9.18 Å². The topological polar surface area (TPSA) is 158 Å². The van der Waals surface area contributed by atoms with Crippen molar-refractivity contribution >= 4 is 33.1 Å².